The maximum atomic E-state index is 11.4. The van der Waals surface area contributed by atoms with Gasteiger partial charge in [-0.3, -0.25) is 0 Å². The van der Waals surface area contributed by atoms with Crippen LogP contribution in [0.15, 0.2) is 0 Å². The molecule has 0 aromatic rings. The zero-order valence-corrected chi connectivity index (χ0v) is 12.0. The van der Waals surface area contributed by atoms with E-state index < -0.39 is 11.7 Å². The number of carbonyl (C=O) groups is 1. The molecule has 0 aliphatic rings. The molecule has 0 rings (SSSR count). The van der Waals surface area contributed by atoms with Crippen molar-refractivity contribution >= 4 is 6.09 Å². The minimum absolute atomic E-state index is 0.107. The number of hydrogen-bond acceptors (Lipinski definition) is 4. The molecule has 0 aliphatic carbocycles. The van der Waals surface area contributed by atoms with Crippen molar-refractivity contribution in [2.24, 2.45) is 0 Å². The fourth-order valence-corrected chi connectivity index (χ4v) is 1.44. The minimum atomic E-state index is -0.479. The Morgan fingerprint density at radius 2 is 2.06 bits per heavy atom. The van der Waals surface area contributed by atoms with E-state index in [0.29, 0.717) is 13.0 Å². The number of nitriles is 1. The molecular formula is C13H25N3O2. The van der Waals surface area contributed by atoms with E-state index in [9.17, 15) is 4.79 Å². The lowest BCUT2D eigenvalue weighted by Crippen LogP contribution is -2.44. The molecule has 2 atom stereocenters. The van der Waals surface area contributed by atoms with Crippen molar-refractivity contribution in [3.8, 4) is 6.07 Å². The summed E-state index contributed by atoms with van der Waals surface area (Å²) in [5, 5.41) is 14.6. The lowest BCUT2D eigenvalue weighted by atomic mass is 10.1. The van der Waals surface area contributed by atoms with Crippen LogP contribution in [-0.4, -0.2) is 30.3 Å². The molecule has 0 radical (unpaired) electrons. The first-order chi connectivity index (χ1) is 8.28. The van der Waals surface area contributed by atoms with Gasteiger partial charge in [0.05, 0.1) is 12.5 Å². The van der Waals surface area contributed by atoms with Crippen molar-refractivity contribution in [3.05, 3.63) is 0 Å². The van der Waals surface area contributed by atoms with Gasteiger partial charge in [-0.25, -0.2) is 4.79 Å². The smallest absolute Gasteiger partial charge is 0.407 e. The van der Waals surface area contributed by atoms with Gasteiger partial charge in [0, 0.05) is 18.6 Å². The van der Waals surface area contributed by atoms with Gasteiger partial charge in [0.15, 0.2) is 0 Å². The van der Waals surface area contributed by atoms with Crippen LogP contribution in [0.5, 0.6) is 0 Å². The number of amides is 1. The molecule has 0 aromatic heterocycles. The van der Waals surface area contributed by atoms with Crippen LogP contribution < -0.4 is 10.6 Å². The Hall–Kier alpha value is -1.28. The number of rotatable bonds is 6. The third-order valence-electron chi connectivity index (χ3n) is 2.30. The van der Waals surface area contributed by atoms with Gasteiger partial charge in [0.1, 0.15) is 5.60 Å². The molecule has 104 valence electrons. The molecule has 5 nitrogen and oxygen atoms in total. The molecule has 2 N–H and O–H groups in total. The number of nitrogens with one attached hydrogen (secondary N) is 2. The largest absolute Gasteiger partial charge is 0.444 e. The fourth-order valence-electron chi connectivity index (χ4n) is 1.44. The fraction of sp³-hybridized carbons (Fsp3) is 0.846. The normalized spacial score (nSPS) is 14.4. The molecule has 0 bridgehead atoms. The van der Waals surface area contributed by atoms with Gasteiger partial charge in [0.25, 0.3) is 0 Å². The van der Waals surface area contributed by atoms with E-state index in [4.69, 9.17) is 10.00 Å². The topological polar surface area (TPSA) is 74.2 Å². The predicted molar refractivity (Wildman–Crippen MR) is 71.1 cm³/mol. The molecule has 0 heterocycles. The quantitative estimate of drug-likeness (QED) is 0.763. The number of hydrogen-bond donors (Lipinski definition) is 2. The Balaban J connectivity index is 3.92. The zero-order valence-electron chi connectivity index (χ0n) is 12.0. The van der Waals surface area contributed by atoms with E-state index in [1.165, 1.54) is 0 Å². The van der Waals surface area contributed by atoms with Gasteiger partial charge in [-0.15, -0.1) is 0 Å². The van der Waals surface area contributed by atoms with Crippen LogP contribution in [0.3, 0.4) is 0 Å². The summed E-state index contributed by atoms with van der Waals surface area (Å²) in [7, 11) is 0. The molecule has 2 unspecified atom stereocenters. The van der Waals surface area contributed by atoms with E-state index >= 15 is 0 Å². The average Bonchev–Trinajstić information content (AvgIpc) is 2.23. The zero-order chi connectivity index (χ0) is 14.2. The van der Waals surface area contributed by atoms with E-state index in [-0.39, 0.29) is 12.1 Å². The number of ether oxygens (including phenoxy) is 1. The van der Waals surface area contributed by atoms with Crippen molar-refractivity contribution in [3.63, 3.8) is 0 Å². The highest BCUT2D eigenvalue weighted by Crippen LogP contribution is 2.06. The Bertz CT molecular complexity index is 292. The minimum Gasteiger partial charge on any atom is -0.444 e. The summed E-state index contributed by atoms with van der Waals surface area (Å²) in [6.45, 7) is 9.97. The van der Waals surface area contributed by atoms with E-state index in [2.05, 4.69) is 16.7 Å². The van der Waals surface area contributed by atoms with Crippen LogP contribution in [0, 0.1) is 11.3 Å². The highest BCUT2D eigenvalue weighted by atomic mass is 16.6. The van der Waals surface area contributed by atoms with Crippen LogP contribution in [0.1, 0.15) is 47.5 Å². The molecule has 0 saturated heterocycles. The molecule has 0 aromatic carbocycles. The van der Waals surface area contributed by atoms with Crippen molar-refractivity contribution in [1.82, 2.24) is 10.6 Å². The van der Waals surface area contributed by atoms with E-state index in [1.54, 1.807) is 0 Å². The summed E-state index contributed by atoms with van der Waals surface area (Å²) in [6.07, 6.45) is 0.960. The first-order valence-electron chi connectivity index (χ1n) is 6.38. The highest BCUT2D eigenvalue weighted by Gasteiger charge is 2.17. The lowest BCUT2D eigenvalue weighted by molar-refractivity contribution is 0.0522. The summed E-state index contributed by atoms with van der Waals surface area (Å²) < 4.78 is 5.14. The highest BCUT2D eigenvalue weighted by molar-refractivity contribution is 5.67. The Kier molecular flexibility index (Phi) is 7.37. The number of alkyl carbamates (subject to hydrolysis) is 1. The summed E-state index contributed by atoms with van der Waals surface area (Å²) in [5.41, 5.74) is -0.479. The molecule has 0 spiro atoms. The second-order valence-electron chi connectivity index (χ2n) is 5.42. The Morgan fingerprint density at radius 3 is 2.50 bits per heavy atom. The Labute approximate surface area is 110 Å². The van der Waals surface area contributed by atoms with Crippen LogP contribution in [0.4, 0.5) is 4.79 Å². The van der Waals surface area contributed by atoms with Crippen molar-refractivity contribution in [2.45, 2.75) is 65.1 Å². The summed E-state index contributed by atoms with van der Waals surface area (Å²) in [5.74, 6) is 0. The van der Waals surface area contributed by atoms with E-state index in [0.717, 1.165) is 6.42 Å². The van der Waals surface area contributed by atoms with Crippen molar-refractivity contribution in [1.29, 1.82) is 5.26 Å². The average molecular weight is 255 g/mol. The maximum absolute atomic E-state index is 11.4. The number of nitrogens with zero attached hydrogens (tertiary/aromatic N) is 1. The SMILES string of the molecule is CCC(CC#N)NC(C)CNC(=O)OC(C)(C)C. The van der Waals surface area contributed by atoms with Crippen LogP contribution >= 0.6 is 0 Å². The van der Waals surface area contributed by atoms with Crippen molar-refractivity contribution in [2.75, 3.05) is 6.54 Å². The van der Waals surface area contributed by atoms with Gasteiger partial charge in [-0.1, -0.05) is 6.92 Å². The molecule has 18 heavy (non-hydrogen) atoms. The standard InChI is InChI=1S/C13H25N3O2/c1-6-11(7-8-14)16-10(2)9-15-12(17)18-13(3,4)5/h10-11,16H,6-7,9H2,1-5H3,(H,15,17). The van der Waals surface area contributed by atoms with Crippen LogP contribution in [-0.2, 0) is 4.74 Å². The molecule has 0 saturated carbocycles. The van der Waals surface area contributed by atoms with E-state index in [1.807, 2.05) is 34.6 Å². The second-order valence-corrected chi connectivity index (χ2v) is 5.42. The molecular weight excluding hydrogens is 230 g/mol. The molecule has 5 heteroatoms. The van der Waals surface area contributed by atoms with Crippen LogP contribution in [0.2, 0.25) is 0 Å². The van der Waals surface area contributed by atoms with Gasteiger partial charge < -0.3 is 15.4 Å². The predicted octanol–water partition coefficient (Wildman–Crippen LogP) is 2.18. The summed E-state index contributed by atoms with van der Waals surface area (Å²) >= 11 is 0. The second kappa shape index (κ2) is 7.93. The first kappa shape index (κ1) is 16.7. The van der Waals surface area contributed by atoms with Gasteiger partial charge in [-0.05, 0) is 34.1 Å². The third-order valence-corrected chi connectivity index (χ3v) is 2.30. The van der Waals surface area contributed by atoms with Gasteiger partial charge in [-0.2, -0.15) is 5.26 Å². The molecule has 0 fully saturated rings. The van der Waals surface area contributed by atoms with Gasteiger partial charge in [0.2, 0.25) is 0 Å². The molecule has 0 aliphatic heterocycles. The van der Waals surface area contributed by atoms with Gasteiger partial charge >= 0.3 is 6.09 Å². The Morgan fingerprint density at radius 1 is 1.44 bits per heavy atom. The first-order valence-corrected chi connectivity index (χ1v) is 6.38. The lowest BCUT2D eigenvalue weighted by Gasteiger charge is -2.23. The molecule has 1 amide bonds. The maximum Gasteiger partial charge on any atom is 0.407 e. The summed E-state index contributed by atoms with van der Waals surface area (Å²) in [4.78, 5) is 11.4. The number of carbonyl (C=O) groups excluding carboxylic acids is 1. The monoisotopic (exact) mass is 255 g/mol. The summed E-state index contributed by atoms with van der Waals surface area (Å²) in [6, 6.07) is 2.42. The van der Waals surface area contributed by atoms with Crippen LogP contribution in [0.25, 0.3) is 0 Å². The van der Waals surface area contributed by atoms with Crippen molar-refractivity contribution < 1.29 is 9.53 Å². The third kappa shape index (κ3) is 8.82.